The molecule has 2 N–H and O–H groups in total. The third-order valence-electron chi connectivity index (χ3n) is 4.42. The molecule has 1 amide bonds. The fourth-order valence-electron chi connectivity index (χ4n) is 3.14. The summed E-state index contributed by atoms with van der Waals surface area (Å²) in [5.74, 6) is 0.731. The molecule has 1 fully saturated rings. The summed E-state index contributed by atoms with van der Waals surface area (Å²) in [6.07, 6.45) is 5.16. The van der Waals surface area contributed by atoms with Crippen LogP contribution < -0.4 is 10.6 Å². The van der Waals surface area contributed by atoms with Crippen LogP contribution in [-0.4, -0.2) is 28.5 Å². The molecule has 3 rings (SSSR count). The highest BCUT2D eigenvalue weighted by molar-refractivity contribution is 5.92. The lowest BCUT2D eigenvalue weighted by Crippen LogP contribution is -2.27. The summed E-state index contributed by atoms with van der Waals surface area (Å²) in [5.41, 5.74) is 0.923. The second-order valence-electron chi connectivity index (χ2n) is 6.41. The number of carbonyl (C=O) groups excluding carboxylic acids is 1. The minimum Gasteiger partial charge on any atom is -0.367 e. The summed E-state index contributed by atoms with van der Waals surface area (Å²) in [7, 11) is 0. The molecule has 0 atom stereocenters. The van der Waals surface area contributed by atoms with Gasteiger partial charge in [0.2, 0.25) is 0 Å². The molecule has 0 unspecified atom stereocenters. The second kappa shape index (κ2) is 8.05. The maximum Gasteiger partial charge on any atom is 0.270 e. The van der Waals surface area contributed by atoms with Crippen molar-refractivity contribution in [2.75, 3.05) is 11.9 Å². The van der Waals surface area contributed by atoms with E-state index < -0.39 is 0 Å². The SMILES string of the molecule is Cc1nc(NC2CCCC2)cc(C(=O)NCCc2ccccc2F)n1. The number of hydrogen-bond donors (Lipinski definition) is 2. The highest BCUT2D eigenvalue weighted by Gasteiger charge is 2.17. The predicted octanol–water partition coefficient (Wildman–Crippen LogP) is 3.25. The van der Waals surface area contributed by atoms with Gasteiger partial charge in [-0.3, -0.25) is 4.79 Å². The first-order valence-corrected chi connectivity index (χ1v) is 8.75. The third-order valence-corrected chi connectivity index (χ3v) is 4.42. The highest BCUT2D eigenvalue weighted by atomic mass is 19.1. The van der Waals surface area contributed by atoms with Crippen LogP contribution in [0.2, 0.25) is 0 Å². The Morgan fingerprint density at radius 2 is 2.00 bits per heavy atom. The van der Waals surface area contributed by atoms with Crippen molar-refractivity contribution in [3.63, 3.8) is 0 Å². The van der Waals surface area contributed by atoms with Gasteiger partial charge in [-0.15, -0.1) is 0 Å². The van der Waals surface area contributed by atoms with Gasteiger partial charge in [-0.25, -0.2) is 14.4 Å². The Morgan fingerprint density at radius 3 is 2.76 bits per heavy atom. The monoisotopic (exact) mass is 342 g/mol. The van der Waals surface area contributed by atoms with Crippen LogP contribution in [0.25, 0.3) is 0 Å². The average Bonchev–Trinajstić information content (AvgIpc) is 3.09. The van der Waals surface area contributed by atoms with E-state index in [0.29, 0.717) is 41.9 Å². The standard InChI is InChI=1S/C19H23FN4O/c1-13-22-17(12-18(23-13)24-15-7-3-4-8-15)19(25)21-11-10-14-6-2-5-9-16(14)20/h2,5-6,9,12,15H,3-4,7-8,10-11H2,1H3,(H,21,25)(H,22,23,24). The number of rotatable bonds is 6. The van der Waals surface area contributed by atoms with Crippen LogP contribution in [0, 0.1) is 12.7 Å². The number of hydrogen-bond acceptors (Lipinski definition) is 4. The zero-order chi connectivity index (χ0) is 17.6. The Balaban J connectivity index is 1.59. The largest absolute Gasteiger partial charge is 0.367 e. The first-order chi connectivity index (χ1) is 12.1. The normalized spacial score (nSPS) is 14.5. The van der Waals surface area contributed by atoms with Gasteiger partial charge in [-0.1, -0.05) is 31.0 Å². The molecular weight excluding hydrogens is 319 g/mol. The lowest BCUT2D eigenvalue weighted by Gasteiger charge is -2.14. The van der Waals surface area contributed by atoms with Crippen LogP contribution in [0.3, 0.4) is 0 Å². The number of halogens is 1. The number of nitrogens with one attached hydrogen (secondary N) is 2. The Hall–Kier alpha value is -2.50. The van der Waals surface area contributed by atoms with Gasteiger partial charge in [0, 0.05) is 18.7 Å². The summed E-state index contributed by atoms with van der Waals surface area (Å²) in [4.78, 5) is 20.9. The third kappa shape index (κ3) is 4.75. The van der Waals surface area contributed by atoms with Crippen LogP contribution in [0.1, 0.15) is 47.6 Å². The zero-order valence-electron chi connectivity index (χ0n) is 14.4. The van der Waals surface area contributed by atoms with E-state index in [9.17, 15) is 9.18 Å². The Kier molecular flexibility index (Phi) is 5.58. The van der Waals surface area contributed by atoms with E-state index in [4.69, 9.17) is 0 Å². The number of amides is 1. The average molecular weight is 342 g/mol. The highest BCUT2D eigenvalue weighted by Crippen LogP contribution is 2.21. The fraction of sp³-hybridized carbons (Fsp3) is 0.421. The van der Waals surface area contributed by atoms with Crippen molar-refractivity contribution < 1.29 is 9.18 Å². The molecule has 1 aromatic heterocycles. The minimum absolute atomic E-state index is 0.252. The molecule has 1 aliphatic carbocycles. The van der Waals surface area contributed by atoms with Gasteiger partial charge >= 0.3 is 0 Å². The number of aromatic nitrogens is 2. The van der Waals surface area contributed by atoms with E-state index in [2.05, 4.69) is 20.6 Å². The first-order valence-electron chi connectivity index (χ1n) is 8.75. The van der Waals surface area contributed by atoms with Crippen LogP contribution >= 0.6 is 0 Å². The van der Waals surface area contributed by atoms with Gasteiger partial charge in [0.15, 0.2) is 0 Å². The molecule has 25 heavy (non-hydrogen) atoms. The minimum atomic E-state index is -0.267. The molecule has 0 aliphatic heterocycles. The second-order valence-corrected chi connectivity index (χ2v) is 6.41. The maximum absolute atomic E-state index is 13.6. The summed E-state index contributed by atoms with van der Waals surface area (Å²) in [6.45, 7) is 2.13. The summed E-state index contributed by atoms with van der Waals surface area (Å²) in [5, 5.41) is 6.18. The summed E-state index contributed by atoms with van der Waals surface area (Å²) >= 11 is 0. The van der Waals surface area contributed by atoms with Gasteiger partial charge in [0.25, 0.3) is 5.91 Å². The summed E-state index contributed by atoms with van der Waals surface area (Å²) < 4.78 is 13.6. The van der Waals surface area contributed by atoms with Crippen LogP contribution in [-0.2, 0) is 6.42 Å². The van der Waals surface area contributed by atoms with Crippen molar-refractivity contribution in [3.05, 3.63) is 53.2 Å². The van der Waals surface area contributed by atoms with Crippen molar-refractivity contribution >= 4 is 11.7 Å². The molecule has 6 heteroatoms. The Labute approximate surface area is 147 Å². The molecule has 132 valence electrons. The first kappa shape index (κ1) is 17.3. The number of benzene rings is 1. The Morgan fingerprint density at radius 1 is 1.24 bits per heavy atom. The van der Waals surface area contributed by atoms with E-state index >= 15 is 0 Å². The van der Waals surface area contributed by atoms with Crippen molar-refractivity contribution in [2.45, 2.75) is 45.1 Å². The molecule has 0 saturated heterocycles. The molecule has 1 saturated carbocycles. The van der Waals surface area contributed by atoms with Gasteiger partial charge in [0.1, 0.15) is 23.2 Å². The number of aryl methyl sites for hydroxylation is 1. The fourth-order valence-corrected chi connectivity index (χ4v) is 3.14. The van der Waals surface area contributed by atoms with Crippen molar-refractivity contribution in [1.29, 1.82) is 0 Å². The lowest BCUT2D eigenvalue weighted by atomic mass is 10.1. The van der Waals surface area contributed by atoms with Crippen molar-refractivity contribution in [1.82, 2.24) is 15.3 Å². The molecule has 5 nitrogen and oxygen atoms in total. The molecule has 1 aliphatic rings. The Bertz CT molecular complexity index is 744. The van der Waals surface area contributed by atoms with E-state index in [1.54, 1.807) is 31.2 Å². The van der Waals surface area contributed by atoms with E-state index in [1.165, 1.54) is 18.9 Å². The summed E-state index contributed by atoms with van der Waals surface area (Å²) in [6, 6.07) is 8.69. The molecule has 1 aromatic carbocycles. The molecule has 0 radical (unpaired) electrons. The molecular formula is C19H23FN4O. The topological polar surface area (TPSA) is 66.9 Å². The molecule has 1 heterocycles. The molecule has 0 spiro atoms. The predicted molar refractivity (Wildman–Crippen MR) is 95.1 cm³/mol. The molecule has 0 bridgehead atoms. The van der Waals surface area contributed by atoms with E-state index in [-0.39, 0.29) is 11.7 Å². The number of carbonyl (C=O) groups is 1. The van der Waals surface area contributed by atoms with Gasteiger partial charge < -0.3 is 10.6 Å². The quantitative estimate of drug-likeness (QED) is 0.846. The number of anilines is 1. The zero-order valence-corrected chi connectivity index (χ0v) is 14.4. The van der Waals surface area contributed by atoms with Crippen molar-refractivity contribution in [2.24, 2.45) is 0 Å². The van der Waals surface area contributed by atoms with E-state index in [0.717, 1.165) is 12.8 Å². The van der Waals surface area contributed by atoms with Gasteiger partial charge in [-0.05, 0) is 37.8 Å². The molecule has 2 aromatic rings. The van der Waals surface area contributed by atoms with Gasteiger partial charge in [0.05, 0.1) is 0 Å². The lowest BCUT2D eigenvalue weighted by molar-refractivity contribution is 0.0948. The smallest absolute Gasteiger partial charge is 0.270 e. The van der Waals surface area contributed by atoms with E-state index in [1.807, 2.05) is 0 Å². The maximum atomic E-state index is 13.6. The van der Waals surface area contributed by atoms with Crippen molar-refractivity contribution in [3.8, 4) is 0 Å². The van der Waals surface area contributed by atoms with Crippen LogP contribution in [0.5, 0.6) is 0 Å². The van der Waals surface area contributed by atoms with Crippen LogP contribution in [0.15, 0.2) is 30.3 Å². The number of nitrogens with zero attached hydrogens (tertiary/aromatic N) is 2. The van der Waals surface area contributed by atoms with Gasteiger partial charge in [-0.2, -0.15) is 0 Å². The van der Waals surface area contributed by atoms with Crippen LogP contribution in [0.4, 0.5) is 10.2 Å².